The number of carbonyl (C=O) groups is 1. The fourth-order valence-electron chi connectivity index (χ4n) is 4.76. The smallest absolute Gasteiger partial charge is 0.225 e. The van der Waals surface area contributed by atoms with Crippen LogP contribution in [-0.4, -0.2) is 62.6 Å². The number of nitrogens with zero attached hydrogens (tertiary/aromatic N) is 4. The van der Waals surface area contributed by atoms with E-state index in [2.05, 4.69) is 14.9 Å². The summed E-state index contributed by atoms with van der Waals surface area (Å²) in [7, 11) is 0. The minimum Gasteiger partial charge on any atom is -0.389 e. The molecule has 0 aromatic carbocycles. The summed E-state index contributed by atoms with van der Waals surface area (Å²) in [5, 5.41) is 11.0. The highest BCUT2D eigenvalue weighted by molar-refractivity contribution is 5.79. The number of amides is 1. The van der Waals surface area contributed by atoms with Crippen molar-refractivity contribution in [2.24, 2.45) is 11.8 Å². The molecule has 2 aliphatic heterocycles. The molecule has 1 aromatic rings. The summed E-state index contributed by atoms with van der Waals surface area (Å²) in [4.78, 5) is 25.7. The molecule has 6 nitrogen and oxygen atoms in total. The van der Waals surface area contributed by atoms with Crippen LogP contribution in [0, 0.1) is 11.8 Å². The second kappa shape index (κ2) is 7.00. The van der Waals surface area contributed by atoms with Gasteiger partial charge in [-0.05, 0) is 31.7 Å². The molecule has 136 valence electrons. The Kier molecular flexibility index (Phi) is 4.73. The van der Waals surface area contributed by atoms with Crippen LogP contribution in [-0.2, 0) is 11.3 Å². The summed E-state index contributed by atoms with van der Waals surface area (Å²) in [6.07, 6.45) is 9.48. The van der Waals surface area contributed by atoms with Crippen molar-refractivity contribution in [1.82, 2.24) is 19.8 Å². The molecule has 3 fully saturated rings. The van der Waals surface area contributed by atoms with Crippen molar-refractivity contribution in [3.05, 3.63) is 24.3 Å². The van der Waals surface area contributed by atoms with E-state index in [1.807, 2.05) is 11.0 Å². The zero-order valence-electron chi connectivity index (χ0n) is 14.8. The third-order valence-corrected chi connectivity index (χ3v) is 6.36. The molecular weight excluding hydrogens is 316 g/mol. The molecule has 0 spiro atoms. The van der Waals surface area contributed by atoms with Crippen molar-refractivity contribution in [1.29, 1.82) is 0 Å². The predicted octanol–water partition coefficient (Wildman–Crippen LogP) is 1.45. The van der Waals surface area contributed by atoms with Crippen LogP contribution in [0.4, 0.5) is 0 Å². The number of aliphatic hydroxyl groups is 1. The fourth-order valence-corrected chi connectivity index (χ4v) is 4.76. The third kappa shape index (κ3) is 3.55. The van der Waals surface area contributed by atoms with Gasteiger partial charge in [-0.25, -0.2) is 9.97 Å². The molecule has 1 aromatic heterocycles. The van der Waals surface area contributed by atoms with Gasteiger partial charge >= 0.3 is 0 Å². The summed E-state index contributed by atoms with van der Waals surface area (Å²) in [5.41, 5.74) is -0.611. The van der Waals surface area contributed by atoms with Gasteiger partial charge in [0.2, 0.25) is 5.91 Å². The normalized spacial score (nSPS) is 31.1. The fraction of sp³-hybridized carbons (Fsp3) is 0.737. The lowest BCUT2D eigenvalue weighted by Gasteiger charge is -2.50. The van der Waals surface area contributed by atoms with Gasteiger partial charge in [0.05, 0.1) is 12.1 Å². The second-order valence-electron chi connectivity index (χ2n) is 7.97. The lowest BCUT2D eigenvalue weighted by Crippen LogP contribution is -2.61. The Morgan fingerprint density at radius 1 is 1.16 bits per heavy atom. The van der Waals surface area contributed by atoms with Gasteiger partial charge in [0, 0.05) is 50.4 Å². The molecule has 1 amide bonds. The van der Waals surface area contributed by atoms with E-state index < -0.39 is 5.60 Å². The maximum atomic E-state index is 12.8. The summed E-state index contributed by atoms with van der Waals surface area (Å²) >= 11 is 0. The summed E-state index contributed by atoms with van der Waals surface area (Å²) in [6, 6.07) is 1.83. The zero-order valence-corrected chi connectivity index (χ0v) is 14.8. The van der Waals surface area contributed by atoms with Crippen LogP contribution in [0.3, 0.4) is 0 Å². The Hall–Kier alpha value is -1.53. The van der Waals surface area contributed by atoms with Gasteiger partial charge in [-0.15, -0.1) is 0 Å². The molecule has 0 bridgehead atoms. The first kappa shape index (κ1) is 16.9. The second-order valence-corrected chi connectivity index (χ2v) is 7.97. The Morgan fingerprint density at radius 3 is 2.64 bits per heavy atom. The highest BCUT2D eigenvalue weighted by atomic mass is 16.3. The van der Waals surface area contributed by atoms with Crippen LogP contribution in [0.2, 0.25) is 0 Å². The molecule has 1 aliphatic carbocycles. The van der Waals surface area contributed by atoms with Crippen LogP contribution >= 0.6 is 0 Å². The summed E-state index contributed by atoms with van der Waals surface area (Å²) in [6.45, 7) is 3.79. The van der Waals surface area contributed by atoms with Gasteiger partial charge in [0.1, 0.15) is 5.82 Å². The molecule has 1 N–H and O–H groups in total. The standard InChI is InChI=1S/C19H28N4O2/c24-18(15-4-1-2-5-15)23-11-7-19(25)6-10-22(12-16(19)13-23)14-17-20-8-3-9-21-17/h3,8-9,15-16,25H,1-2,4-7,10-14H2/t16-,19-/m1/s1. The first-order chi connectivity index (χ1) is 12.1. The average Bonchev–Trinajstić information content (AvgIpc) is 3.16. The maximum Gasteiger partial charge on any atom is 0.225 e. The number of aromatic nitrogens is 2. The van der Waals surface area contributed by atoms with Crippen molar-refractivity contribution in [3.8, 4) is 0 Å². The van der Waals surface area contributed by atoms with Crippen LogP contribution in [0.5, 0.6) is 0 Å². The van der Waals surface area contributed by atoms with E-state index in [0.29, 0.717) is 32.0 Å². The lowest BCUT2D eigenvalue weighted by atomic mass is 9.75. The number of hydrogen-bond acceptors (Lipinski definition) is 5. The van der Waals surface area contributed by atoms with E-state index in [-0.39, 0.29) is 11.8 Å². The Bertz CT molecular complexity index is 605. The van der Waals surface area contributed by atoms with Gasteiger partial charge < -0.3 is 10.0 Å². The highest BCUT2D eigenvalue weighted by Gasteiger charge is 2.46. The topological polar surface area (TPSA) is 69.6 Å². The quantitative estimate of drug-likeness (QED) is 0.899. The number of piperidine rings is 2. The van der Waals surface area contributed by atoms with E-state index in [9.17, 15) is 9.90 Å². The first-order valence-corrected chi connectivity index (χ1v) is 9.63. The minimum absolute atomic E-state index is 0.129. The SMILES string of the molecule is O=C(C1CCCC1)N1CC[C@]2(O)CCN(Cc3ncccn3)C[C@@H]2C1. The number of fused-ring (bicyclic) bond motifs is 1. The molecule has 4 rings (SSSR count). The maximum absolute atomic E-state index is 12.8. The minimum atomic E-state index is -0.611. The van der Waals surface area contributed by atoms with Gasteiger partial charge in [0.25, 0.3) is 0 Å². The summed E-state index contributed by atoms with van der Waals surface area (Å²) < 4.78 is 0. The summed E-state index contributed by atoms with van der Waals surface area (Å²) in [5.74, 6) is 1.50. The van der Waals surface area contributed by atoms with Gasteiger partial charge in [0.15, 0.2) is 0 Å². The number of carbonyl (C=O) groups excluding carboxylic acids is 1. The van der Waals surface area contributed by atoms with Gasteiger partial charge in [-0.1, -0.05) is 12.8 Å². The molecule has 25 heavy (non-hydrogen) atoms. The van der Waals surface area contributed by atoms with Crippen molar-refractivity contribution >= 4 is 5.91 Å². The molecular formula is C19H28N4O2. The molecule has 6 heteroatoms. The molecule has 2 saturated heterocycles. The average molecular weight is 344 g/mol. The van der Waals surface area contributed by atoms with E-state index in [1.54, 1.807) is 12.4 Å². The van der Waals surface area contributed by atoms with E-state index in [0.717, 1.165) is 38.2 Å². The van der Waals surface area contributed by atoms with E-state index in [1.165, 1.54) is 12.8 Å². The Labute approximate surface area is 149 Å². The van der Waals surface area contributed by atoms with Crippen molar-refractivity contribution in [2.75, 3.05) is 26.2 Å². The zero-order chi connectivity index (χ0) is 17.3. The van der Waals surface area contributed by atoms with Crippen molar-refractivity contribution in [2.45, 2.75) is 50.7 Å². The number of likely N-dealkylation sites (tertiary alicyclic amines) is 2. The highest BCUT2D eigenvalue weighted by Crippen LogP contribution is 2.37. The number of rotatable bonds is 3. The largest absolute Gasteiger partial charge is 0.389 e. The monoisotopic (exact) mass is 344 g/mol. The van der Waals surface area contributed by atoms with E-state index >= 15 is 0 Å². The van der Waals surface area contributed by atoms with Crippen LogP contribution in [0.25, 0.3) is 0 Å². The van der Waals surface area contributed by atoms with Crippen molar-refractivity contribution < 1.29 is 9.90 Å². The van der Waals surface area contributed by atoms with E-state index in [4.69, 9.17) is 0 Å². The molecule has 0 radical (unpaired) electrons. The molecule has 1 saturated carbocycles. The van der Waals surface area contributed by atoms with Crippen LogP contribution in [0.15, 0.2) is 18.5 Å². The van der Waals surface area contributed by atoms with Crippen LogP contribution in [0.1, 0.15) is 44.3 Å². The van der Waals surface area contributed by atoms with Gasteiger partial charge in [-0.3, -0.25) is 9.69 Å². The predicted molar refractivity (Wildman–Crippen MR) is 93.5 cm³/mol. The molecule has 0 unspecified atom stereocenters. The Morgan fingerprint density at radius 2 is 1.88 bits per heavy atom. The Balaban J connectivity index is 1.40. The first-order valence-electron chi connectivity index (χ1n) is 9.63. The van der Waals surface area contributed by atoms with Gasteiger partial charge in [-0.2, -0.15) is 0 Å². The number of hydrogen-bond donors (Lipinski definition) is 1. The van der Waals surface area contributed by atoms with Crippen LogP contribution < -0.4 is 0 Å². The third-order valence-electron chi connectivity index (χ3n) is 6.36. The molecule has 3 aliphatic rings. The molecule has 2 atom stereocenters. The van der Waals surface area contributed by atoms with Crippen molar-refractivity contribution in [3.63, 3.8) is 0 Å². The molecule has 3 heterocycles. The lowest BCUT2D eigenvalue weighted by molar-refractivity contribution is -0.150.